The van der Waals surface area contributed by atoms with Crippen LogP contribution in [0.25, 0.3) is 22.3 Å². The van der Waals surface area contributed by atoms with Crippen LogP contribution in [0.2, 0.25) is 10.2 Å². The second-order valence-corrected chi connectivity index (χ2v) is 5.44. The third-order valence-corrected chi connectivity index (χ3v) is 3.89. The van der Waals surface area contributed by atoms with E-state index >= 15 is 0 Å². The lowest BCUT2D eigenvalue weighted by atomic mass is 10.1. The summed E-state index contributed by atoms with van der Waals surface area (Å²) in [5.41, 5.74) is 2.44. The van der Waals surface area contributed by atoms with Crippen LogP contribution in [0.5, 0.6) is 0 Å². The number of fused-ring (bicyclic) bond motifs is 1. The number of nitrogens with zero attached hydrogens (tertiary/aromatic N) is 2. The molecule has 21 heavy (non-hydrogen) atoms. The number of halogens is 3. The maximum atomic E-state index is 13.6. The first-order valence-corrected chi connectivity index (χ1v) is 7.25. The van der Waals surface area contributed by atoms with E-state index in [2.05, 4.69) is 16.9 Å². The second-order valence-electron chi connectivity index (χ2n) is 4.67. The summed E-state index contributed by atoms with van der Waals surface area (Å²) < 4.78 is 13.6. The van der Waals surface area contributed by atoms with E-state index in [0.717, 1.165) is 17.3 Å². The van der Waals surface area contributed by atoms with Crippen molar-refractivity contribution in [3.05, 3.63) is 58.0 Å². The SMILES string of the molecule is CCc1ccc2nc(-c3ccc(Cl)c(F)c3)nc(Cl)c2c1. The molecule has 0 amide bonds. The zero-order valence-corrected chi connectivity index (χ0v) is 12.7. The topological polar surface area (TPSA) is 25.8 Å². The normalized spacial score (nSPS) is 11.0. The Morgan fingerprint density at radius 1 is 1.05 bits per heavy atom. The van der Waals surface area contributed by atoms with Gasteiger partial charge < -0.3 is 0 Å². The molecule has 2 aromatic carbocycles. The lowest BCUT2D eigenvalue weighted by molar-refractivity contribution is 0.628. The molecule has 0 spiro atoms. The van der Waals surface area contributed by atoms with Gasteiger partial charge >= 0.3 is 0 Å². The summed E-state index contributed by atoms with van der Waals surface area (Å²) in [5.74, 6) is -0.123. The molecule has 0 bridgehead atoms. The summed E-state index contributed by atoms with van der Waals surface area (Å²) in [4.78, 5) is 8.71. The lowest BCUT2D eigenvalue weighted by Crippen LogP contribution is -1.93. The molecular formula is C16H11Cl2FN2. The zero-order chi connectivity index (χ0) is 15.0. The van der Waals surface area contributed by atoms with Crippen molar-refractivity contribution in [1.29, 1.82) is 0 Å². The van der Waals surface area contributed by atoms with Crippen molar-refractivity contribution in [3.8, 4) is 11.4 Å². The molecule has 106 valence electrons. The van der Waals surface area contributed by atoms with Crippen LogP contribution < -0.4 is 0 Å². The first kappa shape index (κ1) is 14.2. The molecule has 1 heterocycles. The van der Waals surface area contributed by atoms with Crippen molar-refractivity contribution in [1.82, 2.24) is 9.97 Å². The van der Waals surface area contributed by atoms with Crippen molar-refractivity contribution in [2.24, 2.45) is 0 Å². The predicted octanol–water partition coefficient (Wildman–Crippen LogP) is 5.31. The molecular weight excluding hydrogens is 310 g/mol. The van der Waals surface area contributed by atoms with E-state index in [9.17, 15) is 4.39 Å². The molecule has 0 atom stereocenters. The Kier molecular flexibility index (Phi) is 3.79. The van der Waals surface area contributed by atoms with E-state index in [1.807, 2.05) is 18.2 Å². The highest BCUT2D eigenvalue weighted by molar-refractivity contribution is 6.34. The molecule has 2 nitrogen and oxygen atoms in total. The quantitative estimate of drug-likeness (QED) is 0.598. The molecule has 1 aromatic heterocycles. The first-order chi connectivity index (χ1) is 10.1. The van der Waals surface area contributed by atoms with Gasteiger partial charge in [0.25, 0.3) is 0 Å². The fourth-order valence-electron chi connectivity index (χ4n) is 2.12. The van der Waals surface area contributed by atoms with E-state index in [4.69, 9.17) is 23.2 Å². The van der Waals surface area contributed by atoms with E-state index in [1.54, 1.807) is 6.07 Å². The third kappa shape index (κ3) is 2.71. The summed E-state index contributed by atoms with van der Waals surface area (Å²) in [6, 6.07) is 10.3. The molecule has 0 aliphatic rings. The number of benzene rings is 2. The maximum absolute atomic E-state index is 13.6. The number of aryl methyl sites for hydroxylation is 1. The minimum atomic E-state index is -0.504. The van der Waals surface area contributed by atoms with Gasteiger partial charge in [0, 0.05) is 10.9 Å². The van der Waals surface area contributed by atoms with Crippen LogP contribution in [0.15, 0.2) is 36.4 Å². The zero-order valence-electron chi connectivity index (χ0n) is 11.2. The fourth-order valence-corrected chi connectivity index (χ4v) is 2.47. The summed E-state index contributed by atoms with van der Waals surface area (Å²) in [7, 11) is 0. The Bertz CT molecular complexity index is 834. The standard InChI is InChI=1S/C16H11Cl2FN2/c1-2-9-3-6-14-11(7-9)15(18)21-16(20-14)10-4-5-12(17)13(19)8-10/h3-8H,2H2,1H3. The largest absolute Gasteiger partial charge is 0.228 e. The van der Waals surface area contributed by atoms with Crippen molar-refractivity contribution < 1.29 is 4.39 Å². The molecule has 0 saturated heterocycles. The van der Waals surface area contributed by atoms with Crippen molar-refractivity contribution in [3.63, 3.8) is 0 Å². The Morgan fingerprint density at radius 3 is 2.57 bits per heavy atom. The van der Waals surface area contributed by atoms with Gasteiger partial charge in [-0.25, -0.2) is 14.4 Å². The highest BCUT2D eigenvalue weighted by Crippen LogP contribution is 2.27. The van der Waals surface area contributed by atoms with E-state index in [1.165, 1.54) is 17.7 Å². The number of hydrogen-bond acceptors (Lipinski definition) is 2. The average Bonchev–Trinajstić information content (AvgIpc) is 2.49. The van der Waals surface area contributed by atoms with Gasteiger partial charge in [-0.3, -0.25) is 0 Å². The Labute approximate surface area is 131 Å². The second kappa shape index (κ2) is 5.58. The van der Waals surface area contributed by atoms with E-state index < -0.39 is 5.82 Å². The van der Waals surface area contributed by atoms with Gasteiger partial charge in [-0.1, -0.05) is 36.2 Å². The summed E-state index contributed by atoms with van der Waals surface area (Å²) in [6.45, 7) is 2.07. The van der Waals surface area contributed by atoms with Crippen molar-refractivity contribution in [2.45, 2.75) is 13.3 Å². The van der Waals surface area contributed by atoms with Crippen LogP contribution in [0.1, 0.15) is 12.5 Å². The first-order valence-electron chi connectivity index (χ1n) is 6.50. The lowest BCUT2D eigenvalue weighted by Gasteiger charge is -2.06. The van der Waals surface area contributed by atoms with E-state index in [-0.39, 0.29) is 5.02 Å². The smallest absolute Gasteiger partial charge is 0.161 e. The van der Waals surface area contributed by atoms with Crippen LogP contribution in [0.3, 0.4) is 0 Å². The van der Waals surface area contributed by atoms with Crippen LogP contribution in [-0.4, -0.2) is 9.97 Å². The molecule has 5 heteroatoms. The third-order valence-electron chi connectivity index (χ3n) is 3.30. The molecule has 3 aromatic rings. The Hall–Kier alpha value is -1.71. The molecule has 0 fully saturated rings. The van der Waals surface area contributed by atoms with Crippen molar-refractivity contribution >= 4 is 34.1 Å². The summed E-state index contributed by atoms with van der Waals surface area (Å²) in [5, 5.41) is 1.23. The Balaban J connectivity index is 2.18. The molecule has 0 unspecified atom stereocenters. The highest BCUT2D eigenvalue weighted by atomic mass is 35.5. The predicted molar refractivity (Wildman–Crippen MR) is 84.3 cm³/mol. The van der Waals surface area contributed by atoms with Crippen LogP contribution >= 0.6 is 23.2 Å². The number of rotatable bonds is 2. The fraction of sp³-hybridized carbons (Fsp3) is 0.125. The van der Waals surface area contributed by atoms with Gasteiger partial charge in [-0.2, -0.15) is 0 Å². The molecule has 0 saturated carbocycles. The van der Waals surface area contributed by atoms with Crippen LogP contribution in [0.4, 0.5) is 4.39 Å². The number of hydrogen-bond donors (Lipinski definition) is 0. The molecule has 3 rings (SSSR count). The molecule has 0 radical (unpaired) electrons. The highest BCUT2D eigenvalue weighted by Gasteiger charge is 2.10. The van der Waals surface area contributed by atoms with Gasteiger partial charge in [0.05, 0.1) is 10.5 Å². The minimum absolute atomic E-state index is 0.0678. The van der Waals surface area contributed by atoms with Crippen LogP contribution in [-0.2, 0) is 6.42 Å². The van der Waals surface area contributed by atoms with Gasteiger partial charge in [-0.15, -0.1) is 0 Å². The van der Waals surface area contributed by atoms with E-state index in [0.29, 0.717) is 16.5 Å². The summed E-state index contributed by atoms with van der Waals surface area (Å²) in [6.07, 6.45) is 0.913. The maximum Gasteiger partial charge on any atom is 0.161 e. The van der Waals surface area contributed by atoms with Crippen molar-refractivity contribution in [2.75, 3.05) is 0 Å². The minimum Gasteiger partial charge on any atom is -0.228 e. The Morgan fingerprint density at radius 2 is 1.86 bits per heavy atom. The van der Waals surface area contributed by atoms with Gasteiger partial charge in [0.15, 0.2) is 5.82 Å². The monoisotopic (exact) mass is 320 g/mol. The molecule has 0 aliphatic heterocycles. The van der Waals surface area contributed by atoms with Gasteiger partial charge in [-0.05, 0) is 42.3 Å². The summed E-state index contributed by atoms with van der Waals surface area (Å²) >= 11 is 11.9. The average molecular weight is 321 g/mol. The van der Waals surface area contributed by atoms with Crippen LogP contribution in [0, 0.1) is 5.82 Å². The number of aromatic nitrogens is 2. The van der Waals surface area contributed by atoms with Gasteiger partial charge in [0.1, 0.15) is 11.0 Å². The van der Waals surface area contributed by atoms with Gasteiger partial charge in [0.2, 0.25) is 0 Å². The molecule has 0 aliphatic carbocycles. The molecule has 0 N–H and O–H groups in total.